The summed E-state index contributed by atoms with van der Waals surface area (Å²) in [5, 5.41) is 4.38. The van der Waals surface area contributed by atoms with Crippen LogP contribution in [0.15, 0.2) is 46.5 Å². The van der Waals surface area contributed by atoms with Gasteiger partial charge in [-0.1, -0.05) is 0 Å². The van der Waals surface area contributed by atoms with Crippen LogP contribution in [0.2, 0.25) is 0 Å². The minimum atomic E-state index is 0.491. The molecular weight excluding hydrogens is 265 g/mol. The van der Waals surface area contributed by atoms with Crippen LogP contribution in [0.5, 0.6) is 0 Å². The van der Waals surface area contributed by atoms with Crippen LogP contribution in [-0.4, -0.2) is 24.5 Å². The van der Waals surface area contributed by atoms with Gasteiger partial charge in [0, 0.05) is 0 Å². The fourth-order valence-electron chi connectivity index (χ4n) is 1.58. The van der Waals surface area contributed by atoms with Crippen molar-refractivity contribution in [2.45, 2.75) is 0 Å². The van der Waals surface area contributed by atoms with E-state index in [1.807, 2.05) is 24.3 Å². The monoisotopic (exact) mass is 275 g/mol. The molecule has 1 aromatic carbocycles. The summed E-state index contributed by atoms with van der Waals surface area (Å²) in [5.74, 6) is 0.874. The van der Waals surface area contributed by atoms with Crippen molar-refractivity contribution in [1.29, 1.82) is 0 Å². The number of aromatic nitrogens is 2. The van der Waals surface area contributed by atoms with Crippen LogP contribution in [-0.2, 0) is 0 Å². The predicted octanol–water partition coefficient (Wildman–Crippen LogP) is 2.43. The van der Waals surface area contributed by atoms with Crippen LogP contribution >= 0.6 is 0 Å². The van der Waals surface area contributed by atoms with E-state index >= 15 is 0 Å². The maximum atomic E-state index is 4.28. The molecule has 0 saturated carbocycles. The van der Waals surface area contributed by atoms with Crippen LogP contribution in [0.1, 0.15) is 0 Å². The van der Waals surface area contributed by atoms with Crippen LogP contribution in [0.4, 0.5) is 11.5 Å². The second kappa shape index (κ2) is 4.08. The molecule has 3 nitrogen and oxygen atoms in total. The van der Waals surface area contributed by atoms with E-state index in [1.165, 1.54) is 0 Å². The van der Waals surface area contributed by atoms with Gasteiger partial charge in [-0.2, -0.15) is 0 Å². The maximum absolute atomic E-state index is 4.28. The third kappa shape index (κ3) is 1.73. The number of hydrogen-bond donors (Lipinski definition) is 1. The number of anilines is 2. The van der Waals surface area contributed by atoms with E-state index in [2.05, 4.69) is 31.2 Å². The van der Waals surface area contributed by atoms with Gasteiger partial charge in [0.2, 0.25) is 0 Å². The Hall–Kier alpha value is -1.64. The molecule has 2 heterocycles. The average Bonchev–Trinajstić information content (AvgIpc) is 2.82. The molecule has 0 amide bonds. The fraction of sp³-hybridized carbons (Fsp3) is 0. The molecule has 0 atom stereocenters. The van der Waals surface area contributed by atoms with Crippen LogP contribution < -0.4 is 5.32 Å². The molecule has 0 fully saturated rings. The molecule has 4 heteroatoms. The summed E-state index contributed by atoms with van der Waals surface area (Å²) in [7, 11) is 0. The number of benzene rings is 1. The van der Waals surface area contributed by atoms with Gasteiger partial charge in [-0.3, -0.25) is 0 Å². The van der Waals surface area contributed by atoms with Gasteiger partial charge in [0.05, 0.1) is 0 Å². The van der Waals surface area contributed by atoms with Gasteiger partial charge in [-0.25, -0.2) is 0 Å². The van der Waals surface area contributed by atoms with Gasteiger partial charge in [0.1, 0.15) is 0 Å². The van der Waals surface area contributed by atoms with Gasteiger partial charge in [0.25, 0.3) is 0 Å². The summed E-state index contributed by atoms with van der Waals surface area (Å²) in [6.07, 6.45) is 1.59. The zero-order chi connectivity index (χ0) is 10.8. The SMILES string of the molecule is c1ccc2c(Nc3cc[se]c3)ncnc2c1. The third-order valence-electron chi connectivity index (χ3n) is 2.33. The molecule has 0 spiro atoms. The molecule has 3 rings (SSSR count). The van der Waals surface area contributed by atoms with E-state index in [4.69, 9.17) is 0 Å². The molecule has 0 aliphatic heterocycles. The van der Waals surface area contributed by atoms with E-state index in [0.29, 0.717) is 14.5 Å². The van der Waals surface area contributed by atoms with Crippen molar-refractivity contribution in [1.82, 2.24) is 9.97 Å². The van der Waals surface area contributed by atoms with E-state index in [1.54, 1.807) is 6.33 Å². The molecule has 0 bridgehead atoms. The number of rotatable bonds is 2. The first kappa shape index (κ1) is 9.58. The van der Waals surface area contributed by atoms with E-state index in [9.17, 15) is 0 Å². The average molecular weight is 274 g/mol. The van der Waals surface area contributed by atoms with Crippen LogP contribution in [0, 0.1) is 0 Å². The van der Waals surface area contributed by atoms with Crippen LogP contribution in [0.25, 0.3) is 10.9 Å². The number of nitrogens with one attached hydrogen (secondary N) is 1. The molecule has 3 aromatic rings. The standard InChI is InChI=1S/C12H9N3Se/c1-2-4-11-10(3-1)12(14-8-13-11)15-9-5-6-16-7-9/h1-8H,(H,13,14,15). The first-order valence-electron chi connectivity index (χ1n) is 4.92. The van der Waals surface area contributed by atoms with Crippen molar-refractivity contribution in [3.8, 4) is 0 Å². The van der Waals surface area contributed by atoms with Crippen molar-refractivity contribution in [3.63, 3.8) is 0 Å². The second-order valence-corrected chi connectivity index (χ2v) is 5.01. The topological polar surface area (TPSA) is 37.8 Å². The van der Waals surface area contributed by atoms with Crippen molar-refractivity contribution in [2.24, 2.45) is 0 Å². The van der Waals surface area contributed by atoms with Gasteiger partial charge >= 0.3 is 98.7 Å². The van der Waals surface area contributed by atoms with Gasteiger partial charge in [-0.15, -0.1) is 0 Å². The molecule has 16 heavy (non-hydrogen) atoms. The Morgan fingerprint density at radius 3 is 2.88 bits per heavy atom. The first-order valence-corrected chi connectivity index (χ1v) is 6.90. The fourth-order valence-corrected chi connectivity index (χ4v) is 2.81. The quantitative estimate of drug-likeness (QED) is 0.729. The third-order valence-corrected chi connectivity index (χ3v) is 3.76. The molecule has 1 N–H and O–H groups in total. The zero-order valence-corrected chi connectivity index (χ0v) is 10.1. The van der Waals surface area contributed by atoms with E-state index in [-0.39, 0.29) is 0 Å². The van der Waals surface area contributed by atoms with Crippen LogP contribution in [0.3, 0.4) is 0 Å². The summed E-state index contributed by atoms with van der Waals surface area (Å²) in [6.45, 7) is 0. The Balaban J connectivity index is 2.10. The predicted molar refractivity (Wildman–Crippen MR) is 66.2 cm³/mol. The van der Waals surface area contributed by atoms with Crippen molar-refractivity contribution in [3.05, 3.63) is 46.5 Å². The van der Waals surface area contributed by atoms with E-state index in [0.717, 1.165) is 22.4 Å². The Morgan fingerprint density at radius 2 is 2.00 bits per heavy atom. The molecule has 2 aromatic heterocycles. The molecule has 0 aliphatic rings. The second-order valence-electron chi connectivity index (χ2n) is 3.38. The van der Waals surface area contributed by atoms with Gasteiger partial charge in [-0.05, 0) is 0 Å². The van der Waals surface area contributed by atoms with E-state index < -0.39 is 0 Å². The molecule has 0 aliphatic carbocycles. The van der Waals surface area contributed by atoms with Crippen molar-refractivity contribution < 1.29 is 0 Å². The summed E-state index contributed by atoms with van der Waals surface area (Å²) in [4.78, 5) is 12.9. The number of para-hydroxylation sites is 1. The molecule has 78 valence electrons. The van der Waals surface area contributed by atoms with Gasteiger partial charge < -0.3 is 0 Å². The summed E-state index contributed by atoms with van der Waals surface area (Å²) < 4.78 is 0. The number of nitrogens with zero attached hydrogens (tertiary/aromatic N) is 2. The Kier molecular flexibility index (Phi) is 2.44. The molecule has 0 saturated heterocycles. The minimum absolute atomic E-state index is 0.491. The number of hydrogen-bond acceptors (Lipinski definition) is 3. The Bertz CT molecular complexity index is 599. The molecule has 0 radical (unpaired) electrons. The normalized spacial score (nSPS) is 10.5. The first-order chi connectivity index (χ1) is 7.93. The Morgan fingerprint density at radius 1 is 1.06 bits per heavy atom. The Labute approximate surface area is 98.9 Å². The van der Waals surface area contributed by atoms with Gasteiger partial charge in [0.15, 0.2) is 0 Å². The van der Waals surface area contributed by atoms with Crippen molar-refractivity contribution in [2.75, 3.05) is 5.32 Å². The van der Waals surface area contributed by atoms with Crippen molar-refractivity contribution >= 4 is 36.9 Å². The number of fused-ring (bicyclic) bond motifs is 1. The molecular formula is C12H9N3Se. The zero-order valence-electron chi connectivity index (χ0n) is 8.42. The summed E-state index contributed by atoms with van der Waals surface area (Å²) in [5.41, 5.74) is 2.09. The summed E-state index contributed by atoms with van der Waals surface area (Å²) in [6, 6.07) is 10.1. The molecule has 0 unspecified atom stereocenters. The summed E-state index contributed by atoms with van der Waals surface area (Å²) >= 11 is 0.491.